The van der Waals surface area contributed by atoms with E-state index in [4.69, 9.17) is 11.6 Å². The summed E-state index contributed by atoms with van der Waals surface area (Å²) in [4.78, 5) is 4.46. The van der Waals surface area contributed by atoms with Gasteiger partial charge in [0, 0.05) is 0 Å². The molecule has 0 amide bonds. The average Bonchev–Trinajstić information content (AvgIpc) is 2.58. The van der Waals surface area contributed by atoms with Crippen LogP contribution < -0.4 is 10.0 Å². The molecular formula is C18H16ClN3O2S. The number of aromatic nitrogens is 1. The fourth-order valence-corrected chi connectivity index (χ4v) is 3.77. The van der Waals surface area contributed by atoms with E-state index in [1.807, 2.05) is 18.2 Å². The summed E-state index contributed by atoms with van der Waals surface area (Å²) in [7, 11) is -3.65. The zero-order chi connectivity index (χ0) is 17.9. The smallest absolute Gasteiger partial charge is 0.262 e. The first kappa shape index (κ1) is 17.3. The Hall–Kier alpha value is -2.57. The molecular weight excluding hydrogens is 358 g/mol. The zero-order valence-corrected chi connectivity index (χ0v) is 15.0. The summed E-state index contributed by atoms with van der Waals surface area (Å²) in [5.41, 5.74) is 1.79. The first-order valence-electron chi connectivity index (χ1n) is 7.52. The molecule has 0 atom stereocenters. The van der Waals surface area contributed by atoms with E-state index in [9.17, 15) is 8.42 Å². The molecule has 25 heavy (non-hydrogen) atoms. The molecule has 0 spiro atoms. The van der Waals surface area contributed by atoms with Crippen LogP contribution in [0.4, 0.5) is 17.2 Å². The summed E-state index contributed by atoms with van der Waals surface area (Å²) in [6.45, 7) is 1.75. The van der Waals surface area contributed by atoms with Crippen molar-refractivity contribution in [1.82, 2.24) is 4.98 Å². The number of pyridine rings is 1. The van der Waals surface area contributed by atoms with Gasteiger partial charge in [0.1, 0.15) is 5.82 Å². The lowest BCUT2D eigenvalue weighted by Crippen LogP contribution is -2.14. The first-order chi connectivity index (χ1) is 12.0. The average molecular weight is 374 g/mol. The standard InChI is InChI=1S/C18H16ClN3O2S/c1-13-6-2-5-9-17(13)25(23,24)22-14-10-11-18(20-12-14)21-16-8-4-3-7-15(16)19/h2-12,22H,1H3,(H,20,21). The van der Waals surface area contributed by atoms with Gasteiger partial charge in [-0.1, -0.05) is 41.9 Å². The molecule has 2 aromatic carbocycles. The highest BCUT2D eigenvalue weighted by atomic mass is 35.5. The molecule has 1 aromatic heterocycles. The second-order valence-corrected chi connectivity index (χ2v) is 7.47. The van der Waals surface area contributed by atoms with Crippen molar-refractivity contribution >= 4 is 38.8 Å². The molecule has 0 unspecified atom stereocenters. The van der Waals surface area contributed by atoms with Gasteiger partial charge < -0.3 is 5.32 Å². The van der Waals surface area contributed by atoms with Crippen LogP contribution >= 0.6 is 11.6 Å². The van der Waals surface area contributed by atoms with Crippen LogP contribution in [-0.2, 0) is 10.0 Å². The monoisotopic (exact) mass is 373 g/mol. The summed E-state index contributed by atoms with van der Waals surface area (Å²) in [5, 5.41) is 3.66. The number of aryl methyl sites for hydroxylation is 1. The third-order valence-corrected chi connectivity index (χ3v) is 5.41. The lowest BCUT2D eigenvalue weighted by Gasteiger charge is -2.11. The Kier molecular flexibility index (Phi) is 4.92. The fraction of sp³-hybridized carbons (Fsp3) is 0.0556. The molecule has 0 aliphatic carbocycles. The highest BCUT2D eigenvalue weighted by Crippen LogP contribution is 2.25. The maximum Gasteiger partial charge on any atom is 0.262 e. The molecule has 7 heteroatoms. The van der Waals surface area contributed by atoms with E-state index in [1.165, 1.54) is 6.20 Å². The zero-order valence-electron chi connectivity index (χ0n) is 13.4. The molecule has 0 radical (unpaired) electrons. The largest absolute Gasteiger partial charge is 0.339 e. The summed E-state index contributed by atoms with van der Waals surface area (Å²) in [6.07, 6.45) is 1.45. The number of sulfonamides is 1. The number of benzene rings is 2. The van der Waals surface area contributed by atoms with Crippen LogP contribution in [-0.4, -0.2) is 13.4 Å². The van der Waals surface area contributed by atoms with E-state index in [0.717, 1.165) is 5.69 Å². The van der Waals surface area contributed by atoms with Crippen molar-refractivity contribution in [3.63, 3.8) is 0 Å². The molecule has 0 aliphatic heterocycles. The maximum atomic E-state index is 12.5. The van der Waals surface area contributed by atoms with Gasteiger partial charge in [0.05, 0.1) is 27.5 Å². The normalized spacial score (nSPS) is 11.1. The second-order valence-electron chi connectivity index (χ2n) is 5.41. The minimum atomic E-state index is -3.65. The van der Waals surface area contributed by atoms with Crippen molar-refractivity contribution in [2.45, 2.75) is 11.8 Å². The van der Waals surface area contributed by atoms with Crippen LogP contribution in [0.15, 0.2) is 71.8 Å². The number of para-hydroxylation sites is 1. The Balaban J connectivity index is 1.77. The molecule has 5 nitrogen and oxygen atoms in total. The predicted molar refractivity (Wildman–Crippen MR) is 101 cm³/mol. The molecule has 0 aliphatic rings. The van der Waals surface area contributed by atoms with Gasteiger partial charge >= 0.3 is 0 Å². The van der Waals surface area contributed by atoms with Crippen LogP contribution in [0.1, 0.15) is 5.56 Å². The van der Waals surface area contributed by atoms with Crippen molar-refractivity contribution in [2.75, 3.05) is 10.0 Å². The number of anilines is 3. The molecule has 0 saturated carbocycles. The molecule has 1 heterocycles. The highest BCUT2D eigenvalue weighted by Gasteiger charge is 2.16. The first-order valence-corrected chi connectivity index (χ1v) is 9.38. The van der Waals surface area contributed by atoms with Crippen molar-refractivity contribution < 1.29 is 8.42 Å². The topological polar surface area (TPSA) is 71.1 Å². The Morgan fingerprint density at radius 1 is 0.960 bits per heavy atom. The maximum absolute atomic E-state index is 12.5. The van der Waals surface area contributed by atoms with Gasteiger partial charge in [0.2, 0.25) is 0 Å². The molecule has 3 rings (SSSR count). The summed E-state index contributed by atoms with van der Waals surface area (Å²) in [6, 6.07) is 17.4. The van der Waals surface area contributed by atoms with Crippen LogP contribution in [0.5, 0.6) is 0 Å². The van der Waals surface area contributed by atoms with E-state index in [0.29, 0.717) is 22.1 Å². The molecule has 0 bridgehead atoms. The molecule has 128 valence electrons. The van der Waals surface area contributed by atoms with E-state index in [-0.39, 0.29) is 4.90 Å². The van der Waals surface area contributed by atoms with Crippen LogP contribution in [0.25, 0.3) is 0 Å². The van der Waals surface area contributed by atoms with Gasteiger partial charge in [-0.15, -0.1) is 0 Å². The Morgan fingerprint density at radius 2 is 1.68 bits per heavy atom. The van der Waals surface area contributed by atoms with E-state index < -0.39 is 10.0 Å². The van der Waals surface area contributed by atoms with Crippen molar-refractivity contribution in [2.24, 2.45) is 0 Å². The number of halogens is 1. The van der Waals surface area contributed by atoms with Crippen molar-refractivity contribution in [3.05, 3.63) is 77.4 Å². The fourth-order valence-electron chi connectivity index (χ4n) is 2.30. The van der Waals surface area contributed by atoms with Crippen LogP contribution in [0.2, 0.25) is 5.02 Å². The van der Waals surface area contributed by atoms with E-state index in [2.05, 4.69) is 15.0 Å². The van der Waals surface area contributed by atoms with Gasteiger partial charge in [0.25, 0.3) is 10.0 Å². The van der Waals surface area contributed by atoms with Crippen LogP contribution in [0.3, 0.4) is 0 Å². The van der Waals surface area contributed by atoms with Crippen molar-refractivity contribution in [1.29, 1.82) is 0 Å². The van der Waals surface area contributed by atoms with Gasteiger partial charge in [-0.2, -0.15) is 0 Å². The summed E-state index contributed by atoms with van der Waals surface area (Å²) >= 11 is 6.09. The van der Waals surface area contributed by atoms with Gasteiger partial charge in [-0.25, -0.2) is 13.4 Å². The lowest BCUT2D eigenvalue weighted by atomic mass is 10.2. The third kappa shape index (κ3) is 4.10. The minimum Gasteiger partial charge on any atom is -0.339 e. The Morgan fingerprint density at radius 3 is 2.36 bits per heavy atom. The number of nitrogens with one attached hydrogen (secondary N) is 2. The molecule has 0 fully saturated rings. The number of nitrogens with zero attached hydrogens (tertiary/aromatic N) is 1. The van der Waals surface area contributed by atoms with Crippen molar-refractivity contribution in [3.8, 4) is 0 Å². The molecule has 2 N–H and O–H groups in total. The van der Waals surface area contributed by atoms with Gasteiger partial charge in [0.15, 0.2) is 0 Å². The minimum absolute atomic E-state index is 0.244. The van der Waals surface area contributed by atoms with E-state index >= 15 is 0 Å². The number of rotatable bonds is 5. The second kappa shape index (κ2) is 7.13. The van der Waals surface area contributed by atoms with Crippen LogP contribution in [0, 0.1) is 6.92 Å². The molecule has 3 aromatic rings. The van der Waals surface area contributed by atoms with Gasteiger partial charge in [-0.3, -0.25) is 4.72 Å². The Bertz CT molecular complexity index is 989. The van der Waals surface area contributed by atoms with Gasteiger partial charge in [-0.05, 0) is 42.8 Å². The number of hydrogen-bond acceptors (Lipinski definition) is 4. The van der Waals surface area contributed by atoms with E-state index in [1.54, 1.807) is 49.4 Å². The SMILES string of the molecule is Cc1ccccc1S(=O)(=O)Nc1ccc(Nc2ccccc2Cl)nc1. The quantitative estimate of drug-likeness (QED) is 0.686. The number of hydrogen-bond donors (Lipinski definition) is 2. The predicted octanol–water partition coefficient (Wildman–Crippen LogP) is 4.59. The molecule has 0 saturated heterocycles. The highest BCUT2D eigenvalue weighted by molar-refractivity contribution is 7.92. The Labute approximate surface area is 151 Å². The third-order valence-electron chi connectivity index (χ3n) is 3.54. The lowest BCUT2D eigenvalue weighted by molar-refractivity contribution is 0.600. The summed E-state index contributed by atoms with van der Waals surface area (Å²) in [5.74, 6) is 0.562. The summed E-state index contributed by atoms with van der Waals surface area (Å²) < 4.78 is 27.5.